The van der Waals surface area contributed by atoms with E-state index in [0.29, 0.717) is 42.0 Å². The number of benzene rings is 2. The van der Waals surface area contributed by atoms with Gasteiger partial charge in [0.25, 0.3) is 15.6 Å². The topological polar surface area (TPSA) is 86.0 Å². The Bertz CT molecular complexity index is 1930. The fraction of sp³-hybridized carbons (Fsp3) is 0.172. The van der Waals surface area contributed by atoms with Gasteiger partial charge in [0.2, 0.25) is 0 Å². The summed E-state index contributed by atoms with van der Waals surface area (Å²) in [5.74, 6) is 0. The molecular formula is C29H23F3N4O3S. The third-order valence-electron chi connectivity index (χ3n) is 7.10. The molecule has 0 unspecified atom stereocenters. The largest absolute Gasteiger partial charge is 0.417 e. The first-order chi connectivity index (χ1) is 19.0. The molecule has 0 amide bonds. The molecule has 1 N–H and O–H groups in total. The van der Waals surface area contributed by atoms with E-state index in [1.807, 2.05) is 13.0 Å². The van der Waals surface area contributed by atoms with Crippen LogP contribution < -0.4 is 10.9 Å². The monoisotopic (exact) mass is 564 g/mol. The molecule has 40 heavy (non-hydrogen) atoms. The molecule has 0 aliphatic carbocycles. The van der Waals surface area contributed by atoms with Crippen molar-refractivity contribution in [1.29, 1.82) is 0 Å². The zero-order chi connectivity index (χ0) is 28.2. The van der Waals surface area contributed by atoms with Gasteiger partial charge in [-0.1, -0.05) is 23.8 Å². The maximum absolute atomic E-state index is 13.9. The minimum Gasteiger partial charge on any atom is -0.312 e. The lowest BCUT2D eigenvalue weighted by Crippen LogP contribution is -2.26. The zero-order valence-electron chi connectivity index (χ0n) is 21.2. The van der Waals surface area contributed by atoms with Crippen molar-refractivity contribution < 1.29 is 21.6 Å². The standard InChI is InChI=1S/C29H23F3N4O3S/c1-18-2-6-22(7-3-18)40(38,39)36-26-10-12-33-17-24(26)23-8-5-21(15-27(23)36)35-13-11-19(14-28(35)37)25-9-4-20(16-34-25)29(30,31)32/h2-9,11,13-16,33H,10,12,17H2,1H3. The van der Waals surface area contributed by atoms with E-state index in [-0.39, 0.29) is 10.6 Å². The van der Waals surface area contributed by atoms with E-state index in [4.69, 9.17) is 0 Å². The Balaban J connectivity index is 1.46. The van der Waals surface area contributed by atoms with E-state index in [2.05, 4.69) is 10.3 Å². The molecule has 2 aromatic carbocycles. The number of alkyl halides is 3. The Hall–Kier alpha value is -4.22. The lowest BCUT2D eigenvalue weighted by molar-refractivity contribution is -0.137. The van der Waals surface area contributed by atoms with Crippen LogP contribution in [0.25, 0.3) is 27.8 Å². The van der Waals surface area contributed by atoms with Gasteiger partial charge in [-0.25, -0.2) is 12.4 Å². The fourth-order valence-corrected chi connectivity index (χ4v) is 6.65. The number of fused-ring (bicyclic) bond motifs is 3. The van der Waals surface area contributed by atoms with Crippen molar-refractivity contribution in [1.82, 2.24) is 18.8 Å². The summed E-state index contributed by atoms with van der Waals surface area (Å²) in [6, 6.07) is 16.9. The molecule has 0 saturated carbocycles. The van der Waals surface area contributed by atoms with Gasteiger partial charge < -0.3 is 5.32 Å². The summed E-state index contributed by atoms with van der Waals surface area (Å²) in [7, 11) is -3.93. The molecule has 0 radical (unpaired) electrons. The molecule has 3 aromatic heterocycles. The highest BCUT2D eigenvalue weighted by Gasteiger charge is 2.31. The number of hydrogen-bond donors (Lipinski definition) is 1. The van der Waals surface area contributed by atoms with E-state index in [0.717, 1.165) is 28.8 Å². The Kier molecular flexibility index (Phi) is 6.15. The highest BCUT2D eigenvalue weighted by Crippen LogP contribution is 2.34. The summed E-state index contributed by atoms with van der Waals surface area (Å²) >= 11 is 0. The van der Waals surface area contributed by atoms with Crippen LogP contribution in [0, 0.1) is 6.92 Å². The summed E-state index contributed by atoms with van der Waals surface area (Å²) in [6.45, 7) is 3.05. The van der Waals surface area contributed by atoms with Gasteiger partial charge in [0.1, 0.15) is 0 Å². The molecule has 0 atom stereocenters. The highest BCUT2D eigenvalue weighted by atomic mass is 32.2. The third kappa shape index (κ3) is 4.40. The number of aromatic nitrogens is 3. The Labute approximate surface area is 227 Å². The van der Waals surface area contributed by atoms with E-state index >= 15 is 0 Å². The van der Waals surface area contributed by atoms with Crippen LogP contribution in [0.2, 0.25) is 0 Å². The average Bonchev–Trinajstić information content (AvgIpc) is 3.27. The normalized spacial score (nSPS) is 13.9. The van der Waals surface area contributed by atoms with Crippen LogP contribution in [0.3, 0.4) is 0 Å². The number of nitrogens with one attached hydrogen (secondary N) is 1. The Morgan fingerprint density at radius 3 is 2.42 bits per heavy atom. The zero-order valence-corrected chi connectivity index (χ0v) is 22.1. The molecule has 0 fully saturated rings. The van der Waals surface area contributed by atoms with Crippen molar-refractivity contribution in [3.05, 3.63) is 112 Å². The molecule has 1 aliphatic heterocycles. The Morgan fingerprint density at radius 1 is 0.975 bits per heavy atom. The second-order valence-corrected chi connectivity index (χ2v) is 11.5. The summed E-state index contributed by atoms with van der Waals surface area (Å²) in [6.07, 6.45) is -1.75. The number of nitrogens with zero attached hydrogens (tertiary/aromatic N) is 3. The smallest absolute Gasteiger partial charge is 0.312 e. The maximum Gasteiger partial charge on any atom is 0.417 e. The van der Waals surface area contributed by atoms with Gasteiger partial charge in [0.15, 0.2) is 0 Å². The van der Waals surface area contributed by atoms with Gasteiger partial charge in [-0.3, -0.25) is 14.3 Å². The average molecular weight is 565 g/mol. The molecule has 204 valence electrons. The van der Waals surface area contributed by atoms with Crippen molar-refractivity contribution in [2.75, 3.05) is 6.54 Å². The molecule has 4 heterocycles. The first kappa shape index (κ1) is 26.0. The lowest BCUT2D eigenvalue weighted by Gasteiger charge is -2.17. The van der Waals surface area contributed by atoms with Gasteiger partial charge in [-0.05, 0) is 55.0 Å². The lowest BCUT2D eigenvalue weighted by atomic mass is 10.1. The van der Waals surface area contributed by atoms with Crippen molar-refractivity contribution in [3.8, 4) is 16.9 Å². The molecule has 6 rings (SSSR count). The van der Waals surface area contributed by atoms with Gasteiger partial charge in [0.05, 0.1) is 27.4 Å². The van der Waals surface area contributed by atoms with Crippen molar-refractivity contribution in [2.24, 2.45) is 0 Å². The van der Waals surface area contributed by atoms with Crippen LogP contribution in [0.5, 0.6) is 0 Å². The van der Waals surface area contributed by atoms with Crippen LogP contribution in [-0.2, 0) is 29.2 Å². The van der Waals surface area contributed by atoms with Crippen LogP contribution in [0.4, 0.5) is 13.2 Å². The first-order valence-electron chi connectivity index (χ1n) is 12.5. The van der Waals surface area contributed by atoms with Gasteiger partial charge in [-0.2, -0.15) is 13.2 Å². The highest BCUT2D eigenvalue weighted by molar-refractivity contribution is 7.90. The minimum absolute atomic E-state index is 0.173. The van der Waals surface area contributed by atoms with Crippen LogP contribution in [-0.4, -0.2) is 28.5 Å². The van der Waals surface area contributed by atoms with Crippen LogP contribution >= 0.6 is 0 Å². The van der Waals surface area contributed by atoms with E-state index in [1.165, 1.54) is 26.9 Å². The molecule has 11 heteroatoms. The predicted molar refractivity (Wildman–Crippen MR) is 145 cm³/mol. The van der Waals surface area contributed by atoms with E-state index in [1.54, 1.807) is 42.5 Å². The molecule has 1 aliphatic rings. The quantitative estimate of drug-likeness (QED) is 0.330. The third-order valence-corrected chi connectivity index (χ3v) is 8.87. The number of hydrogen-bond acceptors (Lipinski definition) is 5. The summed E-state index contributed by atoms with van der Waals surface area (Å²) in [5, 5.41) is 4.08. The Morgan fingerprint density at radius 2 is 1.75 bits per heavy atom. The first-order valence-corrected chi connectivity index (χ1v) is 13.9. The summed E-state index contributed by atoms with van der Waals surface area (Å²) in [5.41, 5.74) is 2.75. The molecule has 0 spiro atoms. The molecule has 7 nitrogen and oxygen atoms in total. The summed E-state index contributed by atoms with van der Waals surface area (Å²) < 4.78 is 69.2. The number of aryl methyl sites for hydroxylation is 1. The second kappa shape index (κ2) is 9.46. The summed E-state index contributed by atoms with van der Waals surface area (Å²) in [4.78, 5) is 17.2. The maximum atomic E-state index is 13.9. The minimum atomic E-state index is -4.51. The van der Waals surface area contributed by atoms with Crippen molar-refractivity contribution in [3.63, 3.8) is 0 Å². The van der Waals surface area contributed by atoms with E-state index < -0.39 is 27.3 Å². The van der Waals surface area contributed by atoms with Crippen LogP contribution in [0.1, 0.15) is 22.4 Å². The van der Waals surface area contributed by atoms with Gasteiger partial charge in [0, 0.05) is 54.6 Å². The molecule has 0 bridgehead atoms. The van der Waals surface area contributed by atoms with Gasteiger partial charge >= 0.3 is 6.18 Å². The number of halogens is 3. The molecule has 5 aromatic rings. The van der Waals surface area contributed by atoms with Crippen LogP contribution in [0.15, 0.2) is 88.8 Å². The number of rotatable bonds is 4. The van der Waals surface area contributed by atoms with E-state index in [9.17, 15) is 26.4 Å². The van der Waals surface area contributed by atoms with Crippen molar-refractivity contribution in [2.45, 2.75) is 31.0 Å². The predicted octanol–water partition coefficient (Wildman–Crippen LogP) is 5.06. The molecule has 0 saturated heterocycles. The number of pyridine rings is 2. The fourth-order valence-electron chi connectivity index (χ4n) is 5.06. The molecular weight excluding hydrogens is 541 g/mol. The van der Waals surface area contributed by atoms with Gasteiger partial charge in [-0.15, -0.1) is 0 Å². The second-order valence-electron chi connectivity index (χ2n) is 9.69. The SMILES string of the molecule is Cc1ccc(S(=O)(=O)n2c3c(c4ccc(-n5ccc(-c6ccc(C(F)(F)F)cn6)cc5=O)cc42)CNCC3)cc1. The van der Waals surface area contributed by atoms with Crippen molar-refractivity contribution >= 4 is 20.9 Å².